The maximum atomic E-state index is 11.7. The Morgan fingerprint density at radius 3 is 2.52 bits per heavy atom. The Bertz CT molecular complexity index is 338. The lowest BCUT2D eigenvalue weighted by Crippen LogP contribution is -2.40. The van der Waals surface area contributed by atoms with Gasteiger partial charge >= 0.3 is 5.97 Å². The minimum Gasteiger partial charge on any atom is -0.459 e. The molecule has 124 valence electrons. The van der Waals surface area contributed by atoms with Crippen molar-refractivity contribution in [3.8, 4) is 0 Å². The Morgan fingerprint density at radius 2 is 2.05 bits per heavy atom. The quantitative estimate of drug-likeness (QED) is 0.175. The van der Waals surface area contributed by atoms with E-state index in [-0.39, 0.29) is 36.5 Å². The minimum atomic E-state index is -0.471. The van der Waals surface area contributed by atoms with Crippen LogP contribution in [0.4, 0.5) is 0 Å². The highest BCUT2D eigenvalue weighted by molar-refractivity contribution is 14.0. The van der Waals surface area contributed by atoms with Crippen molar-refractivity contribution in [1.82, 2.24) is 10.2 Å². The van der Waals surface area contributed by atoms with Gasteiger partial charge in [0.15, 0.2) is 5.96 Å². The molecule has 5 nitrogen and oxygen atoms in total. The van der Waals surface area contributed by atoms with Crippen LogP contribution in [-0.4, -0.2) is 49.1 Å². The van der Waals surface area contributed by atoms with E-state index in [1.165, 1.54) is 0 Å². The van der Waals surface area contributed by atoms with Crippen molar-refractivity contribution in [3.05, 3.63) is 12.7 Å². The second-order valence-electron chi connectivity index (χ2n) is 5.61. The average molecular weight is 411 g/mol. The van der Waals surface area contributed by atoms with Gasteiger partial charge in [0.1, 0.15) is 12.1 Å². The molecule has 0 saturated heterocycles. The molecule has 0 aliphatic carbocycles. The van der Waals surface area contributed by atoms with Crippen molar-refractivity contribution in [2.45, 2.75) is 46.1 Å². The molecule has 0 spiro atoms. The second-order valence-corrected chi connectivity index (χ2v) is 5.61. The summed E-state index contributed by atoms with van der Waals surface area (Å²) in [6.07, 6.45) is 3.88. The van der Waals surface area contributed by atoms with Crippen LogP contribution < -0.4 is 5.32 Å². The largest absolute Gasteiger partial charge is 0.459 e. The first kappa shape index (κ1) is 22.5. The van der Waals surface area contributed by atoms with Crippen molar-refractivity contribution in [2.75, 3.05) is 26.7 Å². The van der Waals surface area contributed by atoms with Crippen molar-refractivity contribution in [1.29, 1.82) is 0 Å². The number of hydrogen-bond acceptors (Lipinski definition) is 3. The number of halogens is 1. The number of esters is 1. The molecule has 0 atom stereocenters. The van der Waals surface area contributed by atoms with Gasteiger partial charge in [-0.15, -0.1) is 30.6 Å². The molecule has 1 N–H and O–H groups in total. The number of carbonyl (C=O) groups excluding carboxylic acids is 1. The fourth-order valence-electron chi connectivity index (χ4n) is 1.56. The molecular formula is C15H30IN3O2. The molecule has 0 fully saturated rings. The van der Waals surface area contributed by atoms with Gasteiger partial charge in [0, 0.05) is 20.1 Å². The predicted octanol–water partition coefficient (Wildman–Crippen LogP) is 2.81. The maximum Gasteiger partial charge on any atom is 0.328 e. The van der Waals surface area contributed by atoms with E-state index < -0.39 is 5.60 Å². The smallest absolute Gasteiger partial charge is 0.328 e. The summed E-state index contributed by atoms with van der Waals surface area (Å²) in [7, 11) is 1.96. The van der Waals surface area contributed by atoms with E-state index in [1.54, 1.807) is 0 Å². The molecular weight excluding hydrogens is 381 g/mol. The van der Waals surface area contributed by atoms with Crippen LogP contribution in [-0.2, 0) is 9.53 Å². The molecule has 0 rings (SSSR count). The predicted molar refractivity (Wildman–Crippen MR) is 99.3 cm³/mol. The minimum absolute atomic E-state index is 0. The topological polar surface area (TPSA) is 53.9 Å². The van der Waals surface area contributed by atoms with E-state index in [0.29, 0.717) is 0 Å². The van der Waals surface area contributed by atoms with Gasteiger partial charge in [-0.2, -0.15) is 0 Å². The number of aliphatic imine (C=N–C) groups is 1. The summed E-state index contributed by atoms with van der Waals surface area (Å²) in [6, 6.07) is 0. The van der Waals surface area contributed by atoms with Gasteiger partial charge in [-0.1, -0.05) is 6.08 Å². The molecule has 21 heavy (non-hydrogen) atoms. The Hall–Kier alpha value is -0.790. The number of unbranched alkanes of at least 4 members (excludes halogenated alkanes) is 1. The Labute approximate surface area is 146 Å². The van der Waals surface area contributed by atoms with Gasteiger partial charge in [0.2, 0.25) is 0 Å². The average Bonchev–Trinajstić information content (AvgIpc) is 2.32. The van der Waals surface area contributed by atoms with Gasteiger partial charge in [0.05, 0.1) is 0 Å². The van der Waals surface area contributed by atoms with Crippen LogP contribution in [0.2, 0.25) is 0 Å². The van der Waals surface area contributed by atoms with E-state index in [9.17, 15) is 4.79 Å². The van der Waals surface area contributed by atoms with Crippen LogP contribution in [0.3, 0.4) is 0 Å². The van der Waals surface area contributed by atoms with E-state index >= 15 is 0 Å². The summed E-state index contributed by atoms with van der Waals surface area (Å²) in [5.41, 5.74) is -0.471. The molecule has 0 aromatic heterocycles. The highest BCUT2D eigenvalue weighted by Crippen LogP contribution is 2.06. The van der Waals surface area contributed by atoms with Crippen LogP contribution >= 0.6 is 24.0 Å². The number of guanidine groups is 1. The van der Waals surface area contributed by atoms with Crippen LogP contribution in [0.1, 0.15) is 40.5 Å². The number of rotatable bonds is 7. The molecule has 0 heterocycles. The number of ether oxygens (including phenoxy) is 1. The maximum absolute atomic E-state index is 11.7. The van der Waals surface area contributed by atoms with Gasteiger partial charge in [-0.05, 0) is 40.5 Å². The fourth-order valence-corrected chi connectivity index (χ4v) is 1.56. The summed E-state index contributed by atoms with van der Waals surface area (Å²) in [5.74, 6) is 0.412. The lowest BCUT2D eigenvalue weighted by molar-refractivity contribution is -0.152. The Morgan fingerprint density at radius 1 is 1.43 bits per heavy atom. The summed E-state index contributed by atoms with van der Waals surface area (Å²) in [5, 5.41) is 3.17. The van der Waals surface area contributed by atoms with Gasteiger partial charge < -0.3 is 15.0 Å². The second kappa shape index (κ2) is 11.8. The third-order valence-electron chi connectivity index (χ3n) is 2.38. The molecule has 6 heteroatoms. The highest BCUT2D eigenvalue weighted by Gasteiger charge is 2.16. The Kier molecular flexibility index (Phi) is 12.7. The van der Waals surface area contributed by atoms with Crippen LogP contribution in [0, 0.1) is 0 Å². The van der Waals surface area contributed by atoms with Crippen molar-refractivity contribution in [2.24, 2.45) is 4.99 Å². The first-order chi connectivity index (χ1) is 9.30. The molecule has 0 amide bonds. The van der Waals surface area contributed by atoms with Crippen LogP contribution in [0.5, 0.6) is 0 Å². The van der Waals surface area contributed by atoms with Crippen LogP contribution in [0.15, 0.2) is 17.6 Å². The van der Waals surface area contributed by atoms with Crippen molar-refractivity contribution < 1.29 is 9.53 Å². The zero-order valence-electron chi connectivity index (χ0n) is 13.9. The SMILES string of the molecule is C=CCCCN(C)C(=NCC(=O)OC(C)(C)C)NCC.I. The summed E-state index contributed by atoms with van der Waals surface area (Å²) < 4.78 is 5.24. The summed E-state index contributed by atoms with van der Waals surface area (Å²) in [4.78, 5) is 18.0. The molecule has 0 aliphatic heterocycles. The van der Waals surface area contributed by atoms with E-state index in [1.807, 2.05) is 45.7 Å². The number of carbonyl (C=O) groups is 1. The lowest BCUT2D eigenvalue weighted by atomic mass is 10.2. The summed E-state index contributed by atoms with van der Waals surface area (Å²) in [6.45, 7) is 12.9. The van der Waals surface area contributed by atoms with E-state index in [4.69, 9.17) is 4.74 Å². The molecule has 0 unspecified atom stereocenters. The number of nitrogens with zero attached hydrogens (tertiary/aromatic N) is 2. The number of allylic oxidation sites excluding steroid dienone is 1. The zero-order chi connectivity index (χ0) is 15.6. The third kappa shape index (κ3) is 12.6. The monoisotopic (exact) mass is 411 g/mol. The van der Waals surface area contributed by atoms with Gasteiger partial charge in [-0.3, -0.25) is 4.79 Å². The van der Waals surface area contributed by atoms with Crippen molar-refractivity contribution >= 4 is 35.9 Å². The summed E-state index contributed by atoms with van der Waals surface area (Å²) >= 11 is 0. The molecule has 0 aromatic rings. The zero-order valence-corrected chi connectivity index (χ0v) is 16.3. The first-order valence-corrected chi connectivity index (χ1v) is 7.12. The fraction of sp³-hybridized carbons (Fsp3) is 0.733. The van der Waals surface area contributed by atoms with Crippen LogP contribution in [0.25, 0.3) is 0 Å². The molecule has 0 saturated carbocycles. The van der Waals surface area contributed by atoms with E-state index in [0.717, 1.165) is 31.9 Å². The van der Waals surface area contributed by atoms with Crippen molar-refractivity contribution in [3.63, 3.8) is 0 Å². The molecule has 0 aromatic carbocycles. The third-order valence-corrected chi connectivity index (χ3v) is 2.38. The van der Waals surface area contributed by atoms with Gasteiger partial charge in [-0.25, -0.2) is 4.99 Å². The first-order valence-electron chi connectivity index (χ1n) is 7.12. The Balaban J connectivity index is 0. The number of nitrogens with one attached hydrogen (secondary N) is 1. The van der Waals surface area contributed by atoms with Gasteiger partial charge in [0.25, 0.3) is 0 Å². The standard InChI is InChI=1S/C15H29N3O2.HI/c1-7-9-10-11-18(6)14(16-8-2)17-12-13(19)20-15(3,4)5;/h7H,1,8-12H2,2-6H3,(H,16,17);1H. The molecule has 0 bridgehead atoms. The molecule has 0 radical (unpaired) electrons. The normalized spacial score (nSPS) is 11.4. The lowest BCUT2D eigenvalue weighted by Gasteiger charge is -2.22. The van der Waals surface area contributed by atoms with E-state index in [2.05, 4.69) is 16.9 Å². The molecule has 0 aliphatic rings. The number of hydrogen-bond donors (Lipinski definition) is 1. The highest BCUT2D eigenvalue weighted by atomic mass is 127.